The average Bonchev–Trinajstić information content (AvgIpc) is 2.35. The quantitative estimate of drug-likeness (QED) is 0.565. The molecule has 0 spiro atoms. The van der Waals surface area contributed by atoms with E-state index in [1.165, 1.54) is 0 Å². The van der Waals surface area contributed by atoms with Crippen molar-refractivity contribution >= 4 is 5.57 Å². The molecule has 0 saturated carbocycles. The van der Waals surface area contributed by atoms with Crippen LogP contribution in [0.3, 0.4) is 0 Å². The summed E-state index contributed by atoms with van der Waals surface area (Å²) < 4.78 is 4.91. The molecule has 0 aliphatic heterocycles. The van der Waals surface area contributed by atoms with Crippen molar-refractivity contribution in [3.8, 4) is 6.07 Å². The Balaban J connectivity index is 2.78. The van der Waals surface area contributed by atoms with Crippen LogP contribution in [-0.4, -0.2) is 7.11 Å². The SMILES string of the molecule is C=C(/C=C\C(=C)c1ccc(C#N)cc1)OC. The smallest absolute Gasteiger partial charge is 0.111 e. The lowest BCUT2D eigenvalue weighted by Gasteiger charge is -2.01. The molecular formula is C14H13NO. The van der Waals surface area contributed by atoms with E-state index in [9.17, 15) is 0 Å². The van der Waals surface area contributed by atoms with E-state index in [0.717, 1.165) is 11.1 Å². The number of benzene rings is 1. The van der Waals surface area contributed by atoms with E-state index in [0.29, 0.717) is 11.3 Å². The summed E-state index contributed by atoms with van der Waals surface area (Å²) >= 11 is 0. The maximum atomic E-state index is 8.66. The van der Waals surface area contributed by atoms with Crippen LogP contribution in [0.1, 0.15) is 11.1 Å². The van der Waals surface area contributed by atoms with Gasteiger partial charge in [-0.2, -0.15) is 5.26 Å². The van der Waals surface area contributed by atoms with E-state index < -0.39 is 0 Å². The number of rotatable bonds is 4. The van der Waals surface area contributed by atoms with Gasteiger partial charge < -0.3 is 4.74 Å². The molecule has 0 bridgehead atoms. The van der Waals surface area contributed by atoms with Crippen LogP contribution in [-0.2, 0) is 4.74 Å². The van der Waals surface area contributed by atoms with Crippen molar-refractivity contribution in [3.63, 3.8) is 0 Å². The van der Waals surface area contributed by atoms with Crippen LogP contribution < -0.4 is 0 Å². The number of methoxy groups -OCH3 is 1. The van der Waals surface area contributed by atoms with Gasteiger partial charge in [-0.25, -0.2) is 0 Å². The van der Waals surface area contributed by atoms with Crippen LogP contribution in [0, 0.1) is 11.3 Å². The molecule has 0 aromatic heterocycles. The fraction of sp³-hybridized carbons (Fsp3) is 0.0714. The largest absolute Gasteiger partial charge is 0.497 e. The van der Waals surface area contributed by atoms with Crippen LogP contribution in [0.4, 0.5) is 0 Å². The number of ether oxygens (including phenoxy) is 1. The predicted octanol–water partition coefficient (Wildman–Crippen LogP) is 3.29. The number of hydrogen-bond acceptors (Lipinski definition) is 2. The molecule has 16 heavy (non-hydrogen) atoms. The maximum absolute atomic E-state index is 8.66. The van der Waals surface area contributed by atoms with Crippen molar-refractivity contribution in [2.24, 2.45) is 0 Å². The van der Waals surface area contributed by atoms with Crippen molar-refractivity contribution in [1.29, 1.82) is 5.26 Å². The van der Waals surface area contributed by atoms with Crippen LogP contribution >= 0.6 is 0 Å². The monoisotopic (exact) mass is 211 g/mol. The lowest BCUT2D eigenvalue weighted by molar-refractivity contribution is 0.309. The minimum absolute atomic E-state index is 0.579. The van der Waals surface area contributed by atoms with E-state index >= 15 is 0 Å². The highest BCUT2D eigenvalue weighted by molar-refractivity contribution is 5.72. The second-order valence-electron chi connectivity index (χ2n) is 3.22. The fourth-order valence-corrected chi connectivity index (χ4v) is 1.12. The van der Waals surface area contributed by atoms with Gasteiger partial charge in [0.25, 0.3) is 0 Å². The molecular weight excluding hydrogens is 198 g/mol. The Morgan fingerprint density at radius 2 is 1.88 bits per heavy atom. The number of hydrogen-bond donors (Lipinski definition) is 0. The van der Waals surface area contributed by atoms with Gasteiger partial charge >= 0.3 is 0 Å². The molecule has 0 radical (unpaired) electrons. The van der Waals surface area contributed by atoms with Crippen molar-refractivity contribution in [3.05, 3.63) is 66.5 Å². The molecule has 0 fully saturated rings. The zero-order valence-electron chi connectivity index (χ0n) is 9.23. The molecule has 0 N–H and O–H groups in total. The van der Waals surface area contributed by atoms with Gasteiger partial charge in [0.1, 0.15) is 5.76 Å². The van der Waals surface area contributed by atoms with Gasteiger partial charge in [0.2, 0.25) is 0 Å². The first-order chi connectivity index (χ1) is 7.67. The summed E-state index contributed by atoms with van der Waals surface area (Å²) in [6.45, 7) is 7.59. The molecule has 1 aromatic carbocycles. The van der Waals surface area contributed by atoms with Gasteiger partial charge in [-0.15, -0.1) is 0 Å². The Hall–Kier alpha value is -2.27. The van der Waals surface area contributed by atoms with Crippen LogP contribution in [0.15, 0.2) is 55.3 Å². The molecule has 0 aliphatic rings. The summed E-state index contributed by atoms with van der Waals surface area (Å²) in [5, 5.41) is 8.66. The molecule has 0 saturated heterocycles. The number of nitrogens with zero attached hydrogens (tertiary/aromatic N) is 1. The summed E-state index contributed by atoms with van der Waals surface area (Å²) in [4.78, 5) is 0. The van der Waals surface area contributed by atoms with E-state index in [4.69, 9.17) is 10.00 Å². The van der Waals surface area contributed by atoms with Gasteiger partial charge in [-0.3, -0.25) is 0 Å². The Bertz CT molecular complexity index is 461. The lowest BCUT2D eigenvalue weighted by atomic mass is 10.1. The standard InChI is InChI=1S/C14H13NO/c1-11(4-5-12(2)16-3)14-8-6-13(10-15)7-9-14/h4-9H,1-2H2,3H3/b5-4-. The molecule has 1 rings (SSSR count). The van der Waals surface area contributed by atoms with Crippen LogP contribution in [0.25, 0.3) is 5.57 Å². The van der Waals surface area contributed by atoms with E-state index in [-0.39, 0.29) is 0 Å². The lowest BCUT2D eigenvalue weighted by Crippen LogP contribution is -1.82. The third-order valence-corrected chi connectivity index (χ3v) is 2.12. The first-order valence-corrected chi connectivity index (χ1v) is 4.78. The van der Waals surface area contributed by atoms with Gasteiger partial charge in [-0.05, 0) is 29.3 Å². The second-order valence-corrected chi connectivity index (χ2v) is 3.22. The highest BCUT2D eigenvalue weighted by Gasteiger charge is 1.95. The van der Waals surface area contributed by atoms with E-state index in [2.05, 4.69) is 19.2 Å². The Morgan fingerprint density at radius 3 is 2.38 bits per heavy atom. The number of allylic oxidation sites excluding steroid dienone is 3. The fourth-order valence-electron chi connectivity index (χ4n) is 1.12. The summed E-state index contributed by atoms with van der Waals surface area (Å²) in [7, 11) is 1.57. The van der Waals surface area contributed by atoms with Crippen molar-refractivity contribution in [2.75, 3.05) is 7.11 Å². The van der Waals surface area contributed by atoms with Crippen molar-refractivity contribution in [2.45, 2.75) is 0 Å². The van der Waals surface area contributed by atoms with E-state index in [1.807, 2.05) is 18.2 Å². The minimum atomic E-state index is 0.579. The summed E-state index contributed by atoms with van der Waals surface area (Å²) in [5.74, 6) is 0.579. The third kappa shape index (κ3) is 3.14. The molecule has 0 amide bonds. The van der Waals surface area contributed by atoms with Gasteiger partial charge in [0.15, 0.2) is 0 Å². The summed E-state index contributed by atoms with van der Waals surface area (Å²) in [5.41, 5.74) is 2.46. The molecule has 0 atom stereocenters. The van der Waals surface area contributed by atoms with Crippen molar-refractivity contribution < 1.29 is 4.74 Å². The topological polar surface area (TPSA) is 33.0 Å². The first kappa shape index (κ1) is 11.8. The maximum Gasteiger partial charge on any atom is 0.111 e. The molecule has 80 valence electrons. The molecule has 2 heteroatoms. The average molecular weight is 211 g/mol. The highest BCUT2D eigenvalue weighted by atomic mass is 16.5. The summed E-state index contributed by atoms with van der Waals surface area (Å²) in [6.07, 6.45) is 3.58. The zero-order valence-corrected chi connectivity index (χ0v) is 9.23. The molecule has 0 aliphatic carbocycles. The molecule has 1 aromatic rings. The van der Waals surface area contributed by atoms with Crippen LogP contribution in [0.5, 0.6) is 0 Å². The number of nitriles is 1. The molecule has 2 nitrogen and oxygen atoms in total. The molecule has 0 unspecified atom stereocenters. The zero-order chi connectivity index (χ0) is 12.0. The summed E-state index contributed by atoms with van der Waals surface area (Å²) in [6, 6.07) is 9.32. The Morgan fingerprint density at radius 1 is 1.25 bits per heavy atom. The minimum Gasteiger partial charge on any atom is -0.497 e. The van der Waals surface area contributed by atoms with Crippen molar-refractivity contribution in [1.82, 2.24) is 0 Å². The Labute approximate surface area is 95.8 Å². The predicted molar refractivity (Wildman–Crippen MR) is 65.5 cm³/mol. The normalized spacial score (nSPS) is 9.75. The third-order valence-electron chi connectivity index (χ3n) is 2.12. The second kappa shape index (κ2) is 5.57. The first-order valence-electron chi connectivity index (χ1n) is 4.78. The highest BCUT2D eigenvalue weighted by Crippen LogP contribution is 2.15. The van der Waals surface area contributed by atoms with Gasteiger partial charge in [0.05, 0.1) is 18.7 Å². The van der Waals surface area contributed by atoms with Gasteiger partial charge in [0, 0.05) is 0 Å². The molecule has 0 heterocycles. The van der Waals surface area contributed by atoms with Gasteiger partial charge in [-0.1, -0.05) is 31.4 Å². The van der Waals surface area contributed by atoms with E-state index in [1.54, 1.807) is 25.3 Å². The Kier molecular flexibility index (Phi) is 4.11. The van der Waals surface area contributed by atoms with Crippen LogP contribution in [0.2, 0.25) is 0 Å².